The Morgan fingerprint density at radius 2 is 1.94 bits per heavy atom. The second-order valence-electron chi connectivity index (χ2n) is 3.47. The van der Waals surface area contributed by atoms with Crippen LogP contribution in [0.1, 0.15) is 12.6 Å². The molecule has 0 atom stereocenters. The molecule has 0 saturated heterocycles. The van der Waals surface area contributed by atoms with Crippen molar-refractivity contribution in [2.45, 2.75) is 13.1 Å². The molecule has 0 unspecified atom stereocenters. The monoisotopic (exact) mass is 243 g/mol. The van der Waals surface area contributed by atoms with E-state index in [0.29, 0.717) is 0 Å². The van der Waals surface area contributed by atoms with Crippen molar-refractivity contribution in [1.29, 1.82) is 0 Å². The fourth-order valence-corrected chi connectivity index (χ4v) is 1.57. The molecule has 0 aliphatic rings. The third kappa shape index (κ3) is 2.11. The van der Waals surface area contributed by atoms with Crippen molar-refractivity contribution < 1.29 is 22.7 Å². The highest BCUT2D eigenvalue weighted by atomic mass is 19.4. The average Bonchev–Trinajstić information content (AvgIpc) is 2.56. The Morgan fingerprint density at radius 3 is 2.53 bits per heavy atom. The summed E-state index contributed by atoms with van der Waals surface area (Å²) >= 11 is 0. The number of alkyl halides is 3. The Balaban J connectivity index is 2.69. The number of ether oxygens (including phenoxy) is 1. The number of carbonyl (C=O) groups is 1. The zero-order valence-electron chi connectivity index (χ0n) is 8.76. The van der Waals surface area contributed by atoms with Gasteiger partial charge in [0.15, 0.2) is 11.4 Å². The second kappa shape index (κ2) is 3.80. The summed E-state index contributed by atoms with van der Waals surface area (Å²) in [5.74, 6) is -1.26. The zero-order valence-corrected chi connectivity index (χ0v) is 8.76. The zero-order chi connectivity index (χ0) is 12.6. The van der Waals surface area contributed by atoms with E-state index in [0.717, 1.165) is 6.92 Å². The van der Waals surface area contributed by atoms with Crippen LogP contribution in [0.2, 0.25) is 0 Å². The summed E-state index contributed by atoms with van der Waals surface area (Å²) in [7, 11) is 0. The summed E-state index contributed by atoms with van der Waals surface area (Å²) in [6.45, 7) is 1.06. The predicted octanol–water partition coefficient (Wildman–Crippen LogP) is 3.11. The molecule has 0 fully saturated rings. The molecule has 0 aliphatic carbocycles. The summed E-state index contributed by atoms with van der Waals surface area (Å²) in [6, 6.07) is 6.11. The number of fused-ring (bicyclic) bond motifs is 1. The molecule has 0 amide bonds. The van der Waals surface area contributed by atoms with Crippen LogP contribution in [-0.2, 0) is 11.0 Å². The van der Waals surface area contributed by atoms with Gasteiger partial charge in [-0.1, -0.05) is 12.1 Å². The summed E-state index contributed by atoms with van der Waals surface area (Å²) in [6.07, 6.45) is -4.59. The van der Waals surface area contributed by atoms with Gasteiger partial charge in [0.25, 0.3) is 0 Å². The summed E-state index contributed by atoms with van der Waals surface area (Å²) < 4.78 is 42.8. The molecule has 0 spiro atoms. The lowest BCUT2D eigenvalue weighted by Gasteiger charge is -2.07. The minimum Gasteiger partial charge on any atom is -0.424 e. The van der Waals surface area contributed by atoms with E-state index in [1.807, 2.05) is 0 Å². The number of esters is 1. The lowest BCUT2D eigenvalue weighted by molar-refractivity contribution is -0.143. The number of H-pyrrole nitrogens is 1. The van der Waals surface area contributed by atoms with Gasteiger partial charge in [-0.05, 0) is 12.1 Å². The maximum absolute atomic E-state index is 12.7. The molecular formula is C11H8F3NO2. The molecular weight excluding hydrogens is 235 g/mol. The summed E-state index contributed by atoms with van der Waals surface area (Å²) in [4.78, 5) is 13.0. The molecule has 0 aliphatic heterocycles. The van der Waals surface area contributed by atoms with Crippen molar-refractivity contribution >= 4 is 16.9 Å². The van der Waals surface area contributed by atoms with Crippen molar-refractivity contribution in [2.75, 3.05) is 0 Å². The van der Waals surface area contributed by atoms with Crippen LogP contribution in [0.15, 0.2) is 24.3 Å². The molecule has 90 valence electrons. The van der Waals surface area contributed by atoms with Crippen LogP contribution >= 0.6 is 0 Å². The van der Waals surface area contributed by atoms with Crippen molar-refractivity contribution in [3.63, 3.8) is 0 Å². The molecule has 0 bridgehead atoms. The van der Waals surface area contributed by atoms with E-state index in [4.69, 9.17) is 0 Å². The van der Waals surface area contributed by atoms with Crippen LogP contribution in [0.25, 0.3) is 10.9 Å². The van der Waals surface area contributed by atoms with Gasteiger partial charge in [-0.15, -0.1) is 0 Å². The Bertz CT molecular complexity index is 572. The van der Waals surface area contributed by atoms with E-state index in [-0.39, 0.29) is 10.9 Å². The quantitative estimate of drug-likeness (QED) is 0.782. The molecule has 1 aromatic carbocycles. The maximum atomic E-state index is 12.7. The second-order valence-corrected chi connectivity index (χ2v) is 3.47. The number of hydrogen-bond acceptors (Lipinski definition) is 2. The Hall–Kier alpha value is -1.98. The maximum Gasteiger partial charge on any atom is 0.434 e. The van der Waals surface area contributed by atoms with Gasteiger partial charge >= 0.3 is 12.1 Å². The number of benzene rings is 1. The Labute approximate surface area is 94.2 Å². The van der Waals surface area contributed by atoms with Gasteiger partial charge in [-0.3, -0.25) is 4.79 Å². The number of nitrogens with one attached hydrogen (secondary N) is 1. The molecule has 0 radical (unpaired) electrons. The van der Waals surface area contributed by atoms with Crippen molar-refractivity contribution in [2.24, 2.45) is 0 Å². The van der Waals surface area contributed by atoms with Crippen LogP contribution in [0, 0.1) is 0 Å². The van der Waals surface area contributed by atoms with Crippen LogP contribution < -0.4 is 4.74 Å². The smallest absolute Gasteiger partial charge is 0.424 e. The van der Waals surface area contributed by atoms with Gasteiger partial charge in [-0.25, -0.2) is 0 Å². The molecule has 3 nitrogen and oxygen atoms in total. The molecule has 2 aromatic rings. The SMILES string of the molecule is CC(=O)Oc1c(C(F)(F)F)[nH]c2ccccc12. The lowest BCUT2D eigenvalue weighted by Crippen LogP contribution is -2.10. The number of halogens is 3. The molecule has 6 heteroatoms. The number of carbonyl (C=O) groups excluding carboxylic acids is 1. The highest BCUT2D eigenvalue weighted by Gasteiger charge is 2.38. The summed E-state index contributed by atoms with van der Waals surface area (Å²) in [5.41, 5.74) is -0.773. The Morgan fingerprint density at radius 1 is 1.29 bits per heavy atom. The van der Waals surface area contributed by atoms with Gasteiger partial charge in [0.2, 0.25) is 0 Å². The van der Waals surface area contributed by atoms with Crippen LogP contribution in [0.4, 0.5) is 13.2 Å². The van der Waals surface area contributed by atoms with E-state index in [2.05, 4.69) is 9.72 Å². The molecule has 2 rings (SSSR count). The number of aromatic nitrogens is 1. The van der Waals surface area contributed by atoms with E-state index in [9.17, 15) is 18.0 Å². The van der Waals surface area contributed by atoms with Crippen LogP contribution in [0.3, 0.4) is 0 Å². The van der Waals surface area contributed by atoms with Crippen molar-refractivity contribution in [3.05, 3.63) is 30.0 Å². The van der Waals surface area contributed by atoms with Crippen LogP contribution in [-0.4, -0.2) is 11.0 Å². The molecule has 17 heavy (non-hydrogen) atoms. The fourth-order valence-electron chi connectivity index (χ4n) is 1.57. The number of hydrogen-bond donors (Lipinski definition) is 1. The van der Waals surface area contributed by atoms with Crippen molar-refractivity contribution in [1.82, 2.24) is 4.98 Å². The minimum atomic E-state index is -4.59. The number of para-hydroxylation sites is 1. The molecule has 1 heterocycles. The fraction of sp³-hybridized carbons (Fsp3) is 0.182. The first kappa shape index (κ1) is 11.5. The predicted molar refractivity (Wildman–Crippen MR) is 54.6 cm³/mol. The van der Waals surface area contributed by atoms with Gasteiger partial charge in [0, 0.05) is 17.8 Å². The third-order valence-corrected chi connectivity index (χ3v) is 2.19. The summed E-state index contributed by atoms with van der Waals surface area (Å²) in [5, 5.41) is 0.232. The first-order chi connectivity index (χ1) is 7.89. The normalized spacial score (nSPS) is 11.8. The van der Waals surface area contributed by atoms with Crippen molar-refractivity contribution in [3.8, 4) is 5.75 Å². The van der Waals surface area contributed by atoms with E-state index in [1.54, 1.807) is 12.1 Å². The standard InChI is InChI=1S/C11H8F3NO2/c1-6(16)17-9-7-4-2-3-5-8(7)15-10(9)11(12,13)14/h2-5,15H,1H3. The molecule has 1 N–H and O–H groups in total. The molecule has 1 aromatic heterocycles. The molecule has 0 saturated carbocycles. The van der Waals surface area contributed by atoms with E-state index in [1.165, 1.54) is 12.1 Å². The van der Waals surface area contributed by atoms with Gasteiger partial charge in [-0.2, -0.15) is 13.2 Å². The van der Waals surface area contributed by atoms with Gasteiger partial charge < -0.3 is 9.72 Å². The number of rotatable bonds is 1. The Kier molecular flexibility index (Phi) is 2.57. The largest absolute Gasteiger partial charge is 0.434 e. The van der Waals surface area contributed by atoms with E-state index >= 15 is 0 Å². The highest BCUT2D eigenvalue weighted by molar-refractivity contribution is 5.90. The topological polar surface area (TPSA) is 42.1 Å². The third-order valence-electron chi connectivity index (χ3n) is 2.19. The van der Waals surface area contributed by atoms with E-state index < -0.39 is 23.6 Å². The van der Waals surface area contributed by atoms with Gasteiger partial charge in [0.1, 0.15) is 0 Å². The lowest BCUT2D eigenvalue weighted by atomic mass is 10.2. The minimum absolute atomic E-state index is 0.232. The van der Waals surface area contributed by atoms with Crippen LogP contribution in [0.5, 0.6) is 5.75 Å². The number of aromatic amines is 1. The highest BCUT2D eigenvalue weighted by Crippen LogP contribution is 2.40. The van der Waals surface area contributed by atoms with Gasteiger partial charge in [0.05, 0.1) is 0 Å². The average molecular weight is 243 g/mol. The first-order valence-corrected chi connectivity index (χ1v) is 4.76. The first-order valence-electron chi connectivity index (χ1n) is 4.76.